The van der Waals surface area contributed by atoms with Crippen molar-refractivity contribution in [2.24, 2.45) is 0 Å². The summed E-state index contributed by atoms with van der Waals surface area (Å²) in [7, 11) is 0. The van der Waals surface area contributed by atoms with Crippen LogP contribution in [-0.4, -0.2) is 36.3 Å². The smallest absolute Gasteiger partial charge is 0.550 e. The number of carboxylic acids is 1. The number of esters is 1. The maximum Gasteiger partial charge on any atom is 1.00 e. The number of rotatable bonds is 9. The third-order valence-electron chi connectivity index (χ3n) is 4.22. The number of terminal acetylenes is 1. The van der Waals surface area contributed by atoms with Gasteiger partial charge in [-0.25, -0.2) is 4.79 Å². The van der Waals surface area contributed by atoms with Crippen LogP contribution in [0.3, 0.4) is 0 Å². The summed E-state index contributed by atoms with van der Waals surface area (Å²) in [5, 5.41) is 15.2. The van der Waals surface area contributed by atoms with Crippen molar-refractivity contribution in [2.75, 3.05) is 0 Å². The number of nitrogens with one attached hydrogen (secondary N) is 2. The number of carbonyl (C=O) groups excluding carboxylic acids is 4. The van der Waals surface area contributed by atoms with Crippen LogP contribution in [0.15, 0.2) is 30.3 Å². The Morgan fingerprint density at radius 3 is 1.83 bits per heavy atom. The molecule has 0 saturated heterocycles. The maximum atomic E-state index is 12.7. The standard InChI is InChI=1S/C33H18N2O6.Na/c1-2-3-4-5-6-7-8-9-10-11-12-13-14-15-16-20-25-41-33(40)30(26-28-21-18-17-19-22-28)35-32(39)29(34-27-36)23-24-31(37)38;/h1,17-19,21-22,27,29-30H,23-24,26H2,(H,34,36)(H,35,39)(H,37,38);/q;+1/p-1/i27T;. The average Bonchev–Trinajstić information content (AvgIpc) is 2.96. The van der Waals surface area contributed by atoms with Crippen molar-refractivity contribution in [3.05, 3.63) is 35.9 Å². The molecule has 2 atom stereocenters. The van der Waals surface area contributed by atoms with E-state index in [1.54, 1.807) is 30.3 Å². The van der Waals surface area contributed by atoms with E-state index < -0.39 is 42.7 Å². The fraction of sp³-hybridized carbons (Fsp3) is 0.152. The van der Waals surface area contributed by atoms with E-state index in [9.17, 15) is 24.3 Å². The fourth-order valence-electron chi connectivity index (χ4n) is 2.53. The van der Waals surface area contributed by atoms with Crippen LogP contribution >= 0.6 is 0 Å². The third kappa shape index (κ3) is 18.4. The van der Waals surface area contributed by atoms with Gasteiger partial charge in [0.05, 0.1) is 0 Å². The predicted molar refractivity (Wildman–Crippen MR) is 146 cm³/mol. The first-order valence-corrected chi connectivity index (χ1v) is 11.3. The van der Waals surface area contributed by atoms with Crippen molar-refractivity contribution in [3.8, 4) is 107 Å². The monoisotopic (exact) mass is 562 g/mol. The molecule has 0 fully saturated rings. The third-order valence-corrected chi connectivity index (χ3v) is 4.22. The van der Waals surface area contributed by atoms with Gasteiger partial charge in [-0.3, -0.25) is 9.59 Å². The minimum Gasteiger partial charge on any atom is -0.550 e. The van der Waals surface area contributed by atoms with Gasteiger partial charge in [-0.05, 0) is 65.8 Å². The summed E-state index contributed by atoms with van der Waals surface area (Å²) >= 11 is 0. The van der Waals surface area contributed by atoms with E-state index in [0.29, 0.717) is 5.56 Å². The Balaban J connectivity index is 0.0000176. The molecular formula is C33H17N2NaO6. The van der Waals surface area contributed by atoms with Crippen LogP contribution in [0.4, 0.5) is 0 Å². The first-order chi connectivity index (χ1) is 20.3. The van der Waals surface area contributed by atoms with E-state index in [2.05, 4.69) is 106 Å². The fourth-order valence-corrected chi connectivity index (χ4v) is 2.53. The number of carbonyl (C=O) groups is 4. The van der Waals surface area contributed by atoms with Crippen LogP contribution in [-0.2, 0) is 30.3 Å². The Morgan fingerprint density at radius 1 is 0.857 bits per heavy atom. The largest absolute Gasteiger partial charge is 1.00 e. The van der Waals surface area contributed by atoms with Gasteiger partial charge in [0.25, 0.3) is 0 Å². The molecule has 1 aromatic carbocycles. The van der Waals surface area contributed by atoms with Gasteiger partial charge in [0.15, 0.2) is 0 Å². The zero-order valence-corrected chi connectivity index (χ0v) is 24.2. The molecule has 42 heavy (non-hydrogen) atoms. The topological polar surface area (TPSA) is 125 Å². The second kappa shape index (κ2) is 24.2. The zero-order valence-electron chi connectivity index (χ0n) is 23.2. The zero-order chi connectivity index (χ0) is 30.8. The summed E-state index contributed by atoms with van der Waals surface area (Å²) in [6.45, 7) is 0. The summed E-state index contributed by atoms with van der Waals surface area (Å²) in [5.41, 5.74) is 0.663. The van der Waals surface area contributed by atoms with Gasteiger partial charge in [-0.1, -0.05) is 30.3 Å². The molecule has 0 radical (unpaired) electrons. The molecule has 2 N–H and O–H groups in total. The van der Waals surface area contributed by atoms with Gasteiger partial charge in [0.1, 0.15) is 19.6 Å². The number of ether oxygens (including phenoxy) is 1. The summed E-state index contributed by atoms with van der Waals surface area (Å²) in [6.07, 6.45) is 4.79. The molecule has 0 saturated carbocycles. The van der Waals surface area contributed by atoms with E-state index in [4.69, 9.17) is 12.5 Å². The predicted octanol–water partition coefficient (Wildman–Crippen LogP) is -4.48. The number of amides is 2. The maximum absolute atomic E-state index is 12.7. The van der Waals surface area contributed by atoms with Crippen molar-refractivity contribution in [2.45, 2.75) is 31.3 Å². The average molecular weight is 563 g/mol. The molecule has 0 aliphatic rings. The number of hydrogen-bond acceptors (Lipinski definition) is 6. The van der Waals surface area contributed by atoms with Crippen LogP contribution in [0.25, 0.3) is 0 Å². The molecule has 2 unspecified atom stereocenters. The Kier molecular flexibility index (Phi) is 19.7. The second-order valence-electron chi connectivity index (χ2n) is 7.00. The van der Waals surface area contributed by atoms with E-state index in [0.717, 1.165) is 0 Å². The van der Waals surface area contributed by atoms with Crippen LogP contribution < -0.4 is 45.3 Å². The quantitative estimate of drug-likeness (QED) is 0.135. The molecule has 0 aliphatic carbocycles. The number of benzene rings is 1. The molecule has 0 heterocycles. The Morgan fingerprint density at radius 2 is 1.36 bits per heavy atom. The first kappa shape index (κ1) is 34.2. The van der Waals surface area contributed by atoms with Crippen molar-refractivity contribution >= 4 is 24.2 Å². The molecule has 0 bridgehead atoms. The van der Waals surface area contributed by atoms with Crippen LogP contribution in [0.2, 0.25) is 0 Å². The van der Waals surface area contributed by atoms with Crippen LogP contribution in [0, 0.1) is 107 Å². The Hall–Kier alpha value is -5.86. The van der Waals surface area contributed by atoms with Gasteiger partial charge in [0.2, 0.25) is 12.3 Å². The van der Waals surface area contributed by atoms with Crippen molar-refractivity contribution in [3.63, 3.8) is 0 Å². The second-order valence-corrected chi connectivity index (χ2v) is 7.00. The Bertz CT molecular complexity index is 1750. The molecule has 1 rings (SSSR count). The van der Waals surface area contributed by atoms with Crippen LogP contribution in [0.5, 0.6) is 0 Å². The molecule has 0 aromatic heterocycles. The normalized spacial score (nSPS) is 9.07. The molecular weight excluding hydrogens is 543 g/mol. The number of aliphatic carboxylic acids is 1. The summed E-state index contributed by atoms with van der Waals surface area (Å²) in [5.74, 6) is 34.7. The van der Waals surface area contributed by atoms with Crippen molar-refractivity contribution in [1.29, 1.82) is 0 Å². The van der Waals surface area contributed by atoms with Crippen LogP contribution in [0.1, 0.15) is 19.8 Å². The SMILES string of the molecule is [3H]C(=O)NC(CCC(=O)[O-])C(=O)NC(Cc1ccccc1)C(=O)OC#CC#CC#CC#CC#CC#CC#CC#CC#C.[Na+]. The molecule has 1 aromatic rings. The van der Waals surface area contributed by atoms with Crippen molar-refractivity contribution < 1.29 is 59.9 Å². The van der Waals surface area contributed by atoms with E-state index >= 15 is 0 Å². The first-order valence-electron chi connectivity index (χ1n) is 11.8. The van der Waals surface area contributed by atoms with Crippen molar-refractivity contribution in [1.82, 2.24) is 10.6 Å². The minimum absolute atomic E-state index is 0. The van der Waals surface area contributed by atoms with Gasteiger partial charge in [-0.2, -0.15) is 0 Å². The molecule has 0 spiro atoms. The number of carboxylic acid groups (broad SMARTS) is 1. The van der Waals surface area contributed by atoms with Gasteiger partial charge in [-0.15, -0.1) is 6.42 Å². The van der Waals surface area contributed by atoms with Gasteiger partial charge in [0, 0.05) is 59.8 Å². The molecule has 2 amide bonds. The molecule has 9 heteroatoms. The molecule has 0 aliphatic heterocycles. The van der Waals surface area contributed by atoms with Gasteiger partial charge < -0.3 is 25.3 Å². The Labute approximate surface area is 268 Å². The molecule has 8 nitrogen and oxygen atoms in total. The van der Waals surface area contributed by atoms with E-state index in [-0.39, 0.29) is 42.4 Å². The summed E-state index contributed by atoms with van der Waals surface area (Å²) < 4.78 is 11.9. The summed E-state index contributed by atoms with van der Waals surface area (Å²) in [6, 6.07) is 5.96. The minimum atomic E-state index is -1.45. The molecule has 196 valence electrons. The van der Waals surface area contributed by atoms with E-state index in [1.165, 1.54) is 0 Å². The van der Waals surface area contributed by atoms with E-state index in [1.807, 2.05) is 5.32 Å². The number of hydrogen-bond donors (Lipinski definition) is 2. The van der Waals surface area contributed by atoms with Gasteiger partial charge >= 0.3 is 35.5 Å². The summed E-state index contributed by atoms with van der Waals surface area (Å²) in [4.78, 5) is 47.3.